The van der Waals surface area contributed by atoms with Gasteiger partial charge >= 0.3 is 5.97 Å². The molecule has 3 rings (SSSR count). The summed E-state index contributed by atoms with van der Waals surface area (Å²) in [5.74, 6) is -2.20. The first-order valence-electron chi connectivity index (χ1n) is 8.77. The number of anilines is 1. The number of methoxy groups -OCH3 is 1. The highest BCUT2D eigenvalue weighted by Crippen LogP contribution is 2.27. The number of nitrogens with zero attached hydrogens (tertiary/aromatic N) is 1. The summed E-state index contributed by atoms with van der Waals surface area (Å²) in [6.45, 7) is 1.70. The molecule has 0 radical (unpaired) electrons. The molecule has 0 saturated heterocycles. The molecular formula is C21H18F2N2O4. The summed E-state index contributed by atoms with van der Waals surface area (Å²) in [6.07, 6.45) is 1.39. The summed E-state index contributed by atoms with van der Waals surface area (Å²) < 4.78 is 37.8. The Balaban J connectivity index is 1.65. The molecule has 0 unspecified atom stereocenters. The zero-order chi connectivity index (χ0) is 21.0. The Morgan fingerprint density at radius 2 is 1.83 bits per heavy atom. The van der Waals surface area contributed by atoms with E-state index in [9.17, 15) is 18.4 Å². The van der Waals surface area contributed by atoms with E-state index in [2.05, 4.69) is 10.3 Å². The molecule has 0 fully saturated rings. The number of rotatable bonds is 6. The van der Waals surface area contributed by atoms with Crippen LogP contribution in [0.25, 0.3) is 11.3 Å². The van der Waals surface area contributed by atoms with E-state index in [1.165, 1.54) is 19.4 Å². The standard InChI is InChI=1S/C21H18F2N2O4/c1-12-13(21(27)28-2)5-3-8-16(12)25-18(26)9-10-19-24-11-17(29-19)20-14(22)6-4-7-15(20)23/h3-8,11H,9-10H2,1-2H3,(H,25,26). The van der Waals surface area contributed by atoms with Gasteiger partial charge in [0.15, 0.2) is 11.7 Å². The number of aryl methyl sites for hydroxylation is 1. The fraction of sp³-hybridized carbons (Fsp3) is 0.190. The lowest BCUT2D eigenvalue weighted by Crippen LogP contribution is -2.14. The van der Waals surface area contributed by atoms with Crippen molar-refractivity contribution in [2.75, 3.05) is 12.4 Å². The van der Waals surface area contributed by atoms with Gasteiger partial charge in [0.2, 0.25) is 5.91 Å². The summed E-state index contributed by atoms with van der Waals surface area (Å²) in [7, 11) is 1.28. The molecular weight excluding hydrogens is 382 g/mol. The quantitative estimate of drug-likeness (QED) is 0.625. The van der Waals surface area contributed by atoms with E-state index in [-0.39, 0.29) is 36.0 Å². The first kappa shape index (κ1) is 20.2. The summed E-state index contributed by atoms with van der Waals surface area (Å²) in [4.78, 5) is 28.0. The van der Waals surface area contributed by atoms with Crippen LogP contribution in [0.5, 0.6) is 0 Å². The van der Waals surface area contributed by atoms with Gasteiger partial charge in [-0.1, -0.05) is 12.1 Å². The number of amides is 1. The largest absolute Gasteiger partial charge is 0.465 e. The summed E-state index contributed by atoms with van der Waals surface area (Å²) in [6, 6.07) is 8.42. The molecule has 0 aliphatic carbocycles. The van der Waals surface area contributed by atoms with E-state index in [1.54, 1.807) is 25.1 Å². The third-order valence-corrected chi connectivity index (χ3v) is 4.34. The number of hydrogen-bond donors (Lipinski definition) is 1. The molecule has 0 bridgehead atoms. The Labute approximate surface area is 165 Å². The van der Waals surface area contributed by atoms with Crippen molar-refractivity contribution in [3.63, 3.8) is 0 Å². The molecule has 1 N–H and O–H groups in total. The highest BCUT2D eigenvalue weighted by Gasteiger charge is 2.17. The van der Waals surface area contributed by atoms with Crippen molar-refractivity contribution in [3.8, 4) is 11.3 Å². The summed E-state index contributed by atoms with van der Waals surface area (Å²) in [5, 5.41) is 2.72. The fourth-order valence-electron chi connectivity index (χ4n) is 2.81. The van der Waals surface area contributed by atoms with Crippen LogP contribution in [-0.2, 0) is 16.0 Å². The smallest absolute Gasteiger partial charge is 0.338 e. The zero-order valence-electron chi connectivity index (χ0n) is 15.8. The number of ether oxygens (including phenoxy) is 1. The molecule has 0 aliphatic rings. The van der Waals surface area contributed by atoms with Gasteiger partial charge in [0.25, 0.3) is 0 Å². The zero-order valence-corrected chi connectivity index (χ0v) is 15.8. The first-order valence-corrected chi connectivity index (χ1v) is 8.77. The molecule has 3 aromatic rings. The van der Waals surface area contributed by atoms with E-state index in [0.717, 1.165) is 12.1 Å². The average Bonchev–Trinajstić information content (AvgIpc) is 3.16. The maximum Gasteiger partial charge on any atom is 0.338 e. The van der Waals surface area contributed by atoms with E-state index in [4.69, 9.17) is 9.15 Å². The average molecular weight is 400 g/mol. The SMILES string of the molecule is COC(=O)c1cccc(NC(=O)CCc2ncc(-c3c(F)cccc3F)o2)c1C. The number of nitrogens with one attached hydrogen (secondary N) is 1. The molecule has 6 nitrogen and oxygen atoms in total. The van der Waals surface area contributed by atoms with Crippen molar-refractivity contribution in [1.82, 2.24) is 4.98 Å². The molecule has 2 aromatic carbocycles. The second-order valence-corrected chi connectivity index (χ2v) is 6.23. The van der Waals surface area contributed by atoms with Gasteiger partial charge in [-0.25, -0.2) is 18.6 Å². The van der Waals surface area contributed by atoms with Gasteiger partial charge in [-0.15, -0.1) is 0 Å². The summed E-state index contributed by atoms with van der Waals surface area (Å²) in [5.41, 5.74) is 1.13. The van der Waals surface area contributed by atoms with Crippen LogP contribution >= 0.6 is 0 Å². The number of halogens is 2. The van der Waals surface area contributed by atoms with Gasteiger partial charge in [0.05, 0.1) is 24.4 Å². The van der Waals surface area contributed by atoms with Crippen molar-refractivity contribution >= 4 is 17.6 Å². The minimum atomic E-state index is -0.758. The molecule has 1 aromatic heterocycles. The first-order chi connectivity index (χ1) is 13.9. The third-order valence-electron chi connectivity index (χ3n) is 4.34. The molecule has 1 heterocycles. The van der Waals surface area contributed by atoms with E-state index in [1.807, 2.05) is 0 Å². The highest BCUT2D eigenvalue weighted by atomic mass is 19.1. The molecule has 1 amide bonds. The molecule has 0 atom stereocenters. The number of carbonyl (C=O) groups is 2. The maximum atomic E-state index is 13.8. The fourth-order valence-corrected chi connectivity index (χ4v) is 2.81. The minimum Gasteiger partial charge on any atom is -0.465 e. The Morgan fingerprint density at radius 1 is 1.14 bits per heavy atom. The number of oxazole rings is 1. The van der Waals surface area contributed by atoms with E-state index >= 15 is 0 Å². The van der Waals surface area contributed by atoms with Gasteiger partial charge in [0.1, 0.15) is 11.6 Å². The minimum absolute atomic E-state index is 0.0294. The van der Waals surface area contributed by atoms with Crippen LogP contribution in [0.2, 0.25) is 0 Å². The Morgan fingerprint density at radius 3 is 2.52 bits per heavy atom. The van der Waals surface area contributed by atoms with Crippen LogP contribution in [0.4, 0.5) is 14.5 Å². The van der Waals surface area contributed by atoms with Crippen LogP contribution < -0.4 is 5.32 Å². The predicted molar refractivity (Wildman–Crippen MR) is 101 cm³/mol. The molecule has 29 heavy (non-hydrogen) atoms. The number of aromatic nitrogens is 1. The summed E-state index contributed by atoms with van der Waals surface area (Å²) >= 11 is 0. The number of esters is 1. The van der Waals surface area contributed by atoms with Gasteiger partial charge < -0.3 is 14.5 Å². The molecule has 0 aliphatic heterocycles. The van der Waals surface area contributed by atoms with E-state index < -0.39 is 17.6 Å². The van der Waals surface area contributed by atoms with Crippen molar-refractivity contribution in [3.05, 3.63) is 71.2 Å². The second kappa shape index (κ2) is 8.64. The Bertz CT molecular complexity index is 1040. The molecule has 150 valence electrons. The van der Waals surface area contributed by atoms with Gasteiger partial charge in [-0.2, -0.15) is 0 Å². The third kappa shape index (κ3) is 4.48. The number of hydrogen-bond acceptors (Lipinski definition) is 5. The second-order valence-electron chi connectivity index (χ2n) is 6.23. The lowest BCUT2D eigenvalue weighted by Gasteiger charge is -2.11. The molecule has 8 heteroatoms. The topological polar surface area (TPSA) is 81.4 Å². The van der Waals surface area contributed by atoms with Crippen molar-refractivity contribution in [2.45, 2.75) is 19.8 Å². The van der Waals surface area contributed by atoms with Crippen LogP contribution in [0, 0.1) is 18.6 Å². The van der Waals surface area contributed by atoms with Crippen LogP contribution in [0.3, 0.4) is 0 Å². The number of carbonyl (C=O) groups excluding carboxylic acids is 2. The highest BCUT2D eigenvalue weighted by molar-refractivity contribution is 5.96. The lowest BCUT2D eigenvalue weighted by molar-refractivity contribution is -0.116. The van der Waals surface area contributed by atoms with E-state index in [0.29, 0.717) is 16.8 Å². The lowest BCUT2D eigenvalue weighted by atomic mass is 10.1. The maximum absolute atomic E-state index is 13.8. The van der Waals surface area contributed by atoms with Crippen LogP contribution in [-0.4, -0.2) is 24.0 Å². The molecule has 0 saturated carbocycles. The predicted octanol–water partition coefficient (Wildman–Crippen LogP) is 4.29. The molecule has 0 spiro atoms. The van der Waals surface area contributed by atoms with Gasteiger partial charge in [0, 0.05) is 18.5 Å². The van der Waals surface area contributed by atoms with Crippen molar-refractivity contribution < 1.29 is 27.5 Å². The number of benzene rings is 2. The van der Waals surface area contributed by atoms with Crippen molar-refractivity contribution in [1.29, 1.82) is 0 Å². The Kier molecular flexibility index (Phi) is 6.01. The monoisotopic (exact) mass is 400 g/mol. The van der Waals surface area contributed by atoms with Crippen molar-refractivity contribution in [2.24, 2.45) is 0 Å². The van der Waals surface area contributed by atoms with Gasteiger partial charge in [-0.3, -0.25) is 4.79 Å². The van der Waals surface area contributed by atoms with Crippen LogP contribution in [0.15, 0.2) is 47.0 Å². The van der Waals surface area contributed by atoms with Crippen LogP contribution in [0.1, 0.15) is 28.2 Å². The van der Waals surface area contributed by atoms with Gasteiger partial charge in [-0.05, 0) is 36.8 Å². The Hall–Kier alpha value is -3.55. The normalized spacial score (nSPS) is 10.6.